The Hall–Kier alpha value is -2.83. The predicted molar refractivity (Wildman–Crippen MR) is 93.5 cm³/mol. The van der Waals surface area contributed by atoms with Crippen LogP contribution in [-0.4, -0.2) is 46.0 Å². The van der Waals surface area contributed by atoms with Gasteiger partial charge in [-0.05, 0) is 43.5 Å². The van der Waals surface area contributed by atoms with Crippen molar-refractivity contribution in [3.8, 4) is 5.75 Å². The lowest BCUT2D eigenvalue weighted by Gasteiger charge is -2.26. The second-order valence-corrected chi connectivity index (χ2v) is 6.07. The summed E-state index contributed by atoms with van der Waals surface area (Å²) < 4.78 is 7.27. The van der Waals surface area contributed by atoms with Crippen LogP contribution in [0.1, 0.15) is 29.6 Å². The van der Waals surface area contributed by atoms with Gasteiger partial charge >= 0.3 is 0 Å². The smallest absolute Gasteiger partial charge is 0.260 e. The topological polar surface area (TPSA) is 76.5 Å². The van der Waals surface area contributed by atoms with Crippen LogP contribution < -0.4 is 10.1 Å². The van der Waals surface area contributed by atoms with E-state index in [9.17, 15) is 9.59 Å². The number of aromatic nitrogens is 2. The maximum Gasteiger partial charge on any atom is 0.260 e. The van der Waals surface area contributed by atoms with E-state index in [-0.39, 0.29) is 18.4 Å². The summed E-state index contributed by atoms with van der Waals surface area (Å²) in [5, 5.41) is 2.73. The number of benzene rings is 1. The Bertz CT molecular complexity index is 733. The molecular weight excluding hydrogens is 320 g/mol. The van der Waals surface area contributed by atoms with Crippen LogP contribution in [0, 0.1) is 0 Å². The number of ether oxygens (including phenoxy) is 1. The standard InChI is InChI=1S/C18H22N4O3/c1-21-12-9-19-18(21)20-17(24)14-5-7-15(8-6-14)25-13-16(23)22-10-3-2-4-11-22/h5-9,12H,2-4,10-11,13H2,1H3,(H,19,20,24). The molecular formula is C18H22N4O3. The number of nitrogens with zero attached hydrogens (tertiary/aromatic N) is 3. The van der Waals surface area contributed by atoms with Gasteiger partial charge in [-0.15, -0.1) is 0 Å². The Morgan fingerprint density at radius 2 is 1.88 bits per heavy atom. The van der Waals surface area contributed by atoms with Crippen molar-refractivity contribution in [3.63, 3.8) is 0 Å². The third kappa shape index (κ3) is 4.37. The molecule has 25 heavy (non-hydrogen) atoms. The minimum Gasteiger partial charge on any atom is -0.484 e. The van der Waals surface area contributed by atoms with E-state index < -0.39 is 0 Å². The number of hydrogen-bond donors (Lipinski definition) is 1. The number of hydrogen-bond acceptors (Lipinski definition) is 4. The van der Waals surface area contributed by atoms with Gasteiger partial charge in [0.05, 0.1) is 0 Å². The van der Waals surface area contributed by atoms with Crippen LogP contribution in [-0.2, 0) is 11.8 Å². The monoisotopic (exact) mass is 342 g/mol. The van der Waals surface area contributed by atoms with Gasteiger partial charge in [-0.25, -0.2) is 4.98 Å². The molecule has 1 N–H and O–H groups in total. The summed E-state index contributed by atoms with van der Waals surface area (Å²) >= 11 is 0. The van der Waals surface area contributed by atoms with E-state index >= 15 is 0 Å². The zero-order valence-corrected chi connectivity index (χ0v) is 14.3. The molecule has 1 aliphatic heterocycles. The molecule has 1 aliphatic rings. The van der Waals surface area contributed by atoms with Crippen molar-refractivity contribution in [2.45, 2.75) is 19.3 Å². The molecule has 0 spiro atoms. The van der Waals surface area contributed by atoms with Crippen molar-refractivity contribution >= 4 is 17.8 Å². The molecule has 0 atom stereocenters. The predicted octanol–water partition coefficient (Wildman–Crippen LogP) is 2.06. The number of anilines is 1. The van der Waals surface area contributed by atoms with Crippen LogP contribution >= 0.6 is 0 Å². The van der Waals surface area contributed by atoms with E-state index in [1.807, 2.05) is 4.90 Å². The lowest BCUT2D eigenvalue weighted by molar-refractivity contribution is -0.134. The van der Waals surface area contributed by atoms with E-state index in [0.29, 0.717) is 17.3 Å². The number of nitrogens with one attached hydrogen (secondary N) is 1. The molecule has 132 valence electrons. The molecule has 0 saturated carbocycles. The van der Waals surface area contributed by atoms with Gasteiger partial charge < -0.3 is 14.2 Å². The molecule has 7 heteroatoms. The quantitative estimate of drug-likeness (QED) is 0.902. The Morgan fingerprint density at radius 1 is 1.16 bits per heavy atom. The summed E-state index contributed by atoms with van der Waals surface area (Å²) in [6.45, 7) is 1.65. The van der Waals surface area contributed by atoms with Crippen LogP contribution in [0.4, 0.5) is 5.95 Å². The second-order valence-electron chi connectivity index (χ2n) is 6.07. The molecule has 1 aromatic heterocycles. The lowest BCUT2D eigenvalue weighted by atomic mass is 10.1. The number of aryl methyl sites for hydroxylation is 1. The first-order valence-corrected chi connectivity index (χ1v) is 8.43. The average Bonchev–Trinajstić information content (AvgIpc) is 3.05. The van der Waals surface area contributed by atoms with Gasteiger partial charge in [-0.2, -0.15) is 0 Å². The molecule has 1 saturated heterocycles. The first-order valence-electron chi connectivity index (χ1n) is 8.43. The molecule has 0 radical (unpaired) electrons. The number of rotatable bonds is 5. The number of piperidine rings is 1. The van der Waals surface area contributed by atoms with Crippen LogP contribution in [0.5, 0.6) is 5.75 Å². The van der Waals surface area contributed by atoms with Gasteiger partial charge in [0, 0.05) is 38.1 Å². The SMILES string of the molecule is Cn1ccnc1NC(=O)c1ccc(OCC(=O)N2CCCCC2)cc1. The van der Waals surface area contributed by atoms with Crippen LogP contribution in [0.15, 0.2) is 36.7 Å². The van der Waals surface area contributed by atoms with E-state index in [0.717, 1.165) is 25.9 Å². The fourth-order valence-electron chi connectivity index (χ4n) is 2.74. The zero-order valence-electron chi connectivity index (χ0n) is 14.3. The molecule has 0 bridgehead atoms. The van der Waals surface area contributed by atoms with Crippen molar-refractivity contribution in [2.24, 2.45) is 7.05 Å². The van der Waals surface area contributed by atoms with E-state index in [1.165, 1.54) is 6.42 Å². The maximum absolute atomic E-state index is 12.2. The Balaban J connectivity index is 1.52. The van der Waals surface area contributed by atoms with Crippen molar-refractivity contribution in [3.05, 3.63) is 42.2 Å². The van der Waals surface area contributed by atoms with Gasteiger partial charge in [0.25, 0.3) is 11.8 Å². The molecule has 1 fully saturated rings. The van der Waals surface area contributed by atoms with Gasteiger partial charge in [0.1, 0.15) is 5.75 Å². The molecule has 3 rings (SSSR count). The van der Waals surface area contributed by atoms with Crippen molar-refractivity contribution in [2.75, 3.05) is 25.0 Å². The van der Waals surface area contributed by atoms with Gasteiger partial charge in [0.15, 0.2) is 6.61 Å². The highest BCUT2D eigenvalue weighted by Crippen LogP contribution is 2.15. The average molecular weight is 342 g/mol. The van der Waals surface area contributed by atoms with Crippen molar-refractivity contribution in [1.82, 2.24) is 14.5 Å². The van der Waals surface area contributed by atoms with E-state index in [1.54, 1.807) is 48.3 Å². The lowest BCUT2D eigenvalue weighted by Crippen LogP contribution is -2.38. The fraction of sp³-hybridized carbons (Fsp3) is 0.389. The van der Waals surface area contributed by atoms with Crippen LogP contribution in [0.3, 0.4) is 0 Å². The summed E-state index contributed by atoms with van der Waals surface area (Å²) in [5.74, 6) is 0.818. The summed E-state index contributed by atoms with van der Waals surface area (Å²) in [7, 11) is 1.80. The molecule has 2 heterocycles. The van der Waals surface area contributed by atoms with Crippen molar-refractivity contribution in [1.29, 1.82) is 0 Å². The highest BCUT2D eigenvalue weighted by Gasteiger charge is 2.17. The summed E-state index contributed by atoms with van der Waals surface area (Å²) in [4.78, 5) is 30.2. The van der Waals surface area contributed by atoms with E-state index in [2.05, 4.69) is 10.3 Å². The molecule has 0 unspecified atom stereocenters. The normalized spacial score (nSPS) is 14.2. The highest BCUT2D eigenvalue weighted by atomic mass is 16.5. The van der Waals surface area contributed by atoms with Gasteiger partial charge in [-0.3, -0.25) is 14.9 Å². The fourth-order valence-corrected chi connectivity index (χ4v) is 2.74. The summed E-state index contributed by atoms with van der Waals surface area (Å²) in [6.07, 6.45) is 6.68. The first-order chi connectivity index (χ1) is 12.1. The van der Waals surface area contributed by atoms with Crippen LogP contribution in [0.2, 0.25) is 0 Å². The zero-order chi connectivity index (χ0) is 17.6. The highest BCUT2D eigenvalue weighted by molar-refractivity contribution is 6.03. The molecule has 2 aromatic rings. The first kappa shape index (κ1) is 17.0. The second kappa shape index (κ2) is 7.83. The minimum absolute atomic E-state index is 0.0105. The van der Waals surface area contributed by atoms with E-state index in [4.69, 9.17) is 4.74 Å². The third-order valence-corrected chi connectivity index (χ3v) is 4.23. The van der Waals surface area contributed by atoms with Crippen molar-refractivity contribution < 1.29 is 14.3 Å². The molecule has 1 aromatic carbocycles. The minimum atomic E-state index is -0.245. The largest absolute Gasteiger partial charge is 0.484 e. The number of likely N-dealkylation sites (tertiary alicyclic amines) is 1. The summed E-state index contributed by atoms with van der Waals surface area (Å²) in [5.41, 5.74) is 0.498. The molecule has 2 amide bonds. The Morgan fingerprint density at radius 3 is 2.52 bits per heavy atom. The Kier molecular flexibility index (Phi) is 5.33. The maximum atomic E-state index is 12.2. The van der Waals surface area contributed by atoms with Gasteiger partial charge in [-0.1, -0.05) is 0 Å². The summed E-state index contributed by atoms with van der Waals surface area (Å²) in [6, 6.07) is 6.71. The number of imidazole rings is 1. The van der Waals surface area contributed by atoms with Gasteiger partial charge in [0.2, 0.25) is 5.95 Å². The van der Waals surface area contributed by atoms with Crippen LogP contribution in [0.25, 0.3) is 0 Å². The Labute approximate surface area is 146 Å². The number of amides is 2. The number of carbonyl (C=O) groups is 2. The molecule has 0 aliphatic carbocycles. The number of carbonyl (C=O) groups excluding carboxylic acids is 2. The third-order valence-electron chi connectivity index (χ3n) is 4.23. The molecule has 7 nitrogen and oxygen atoms in total.